The first-order chi connectivity index (χ1) is 17.2. The highest BCUT2D eigenvalue weighted by molar-refractivity contribution is 5.93. The first-order valence-corrected chi connectivity index (χ1v) is 13.9. The Hall–Kier alpha value is -2.57. The van der Waals surface area contributed by atoms with E-state index in [1.54, 1.807) is 25.7 Å². The predicted octanol–water partition coefficient (Wildman–Crippen LogP) is 6.05. The van der Waals surface area contributed by atoms with Crippen molar-refractivity contribution < 1.29 is 19.1 Å². The van der Waals surface area contributed by atoms with Crippen molar-refractivity contribution in [3.05, 3.63) is 35.4 Å². The lowest BCUT2D eigenvalue weighted by Crippen LogP contribution is -2.61. The van der Waals surface area contributed by atoms with Gasteiger partial charge in [-0.2, -0.15) is 0 Å². The van der Waals surface area contributed by atoms with Gasteiger partial charge in [-0.15, -0.1) is 0 Å². The quantitative estimate of drug-likeness (QED) is 0.419. The van der Waals surface area contributed by atoms with Gasteiger partial charge in [-0.3, -0.25) is 9.59 Å². The number of carbonyl (C=O) groups is 3. The lowest BCUT2D eigenvalue weighted by atomic mass is 9.88. The molecule has 7 nitrogen and oxygen atoms in total. The van der Waals surface area contributed by atoms with Crippen LogP contribution in [0.2, 0.25) is 0 Å². The Balaban J connectivity index is 2.56. The molecule has 0 heterocycles. The Morgan fingerprint density at radius 3 is 2.14 bits per heavy atom. The summed E-state index contributed by atoms with van der Waals surface area (Å²) < 4.78 is 5.47. The minimum atomic E-state index is -0.852. The van der Waals surface area contributed by atoms with Gasteiger partial charge in [-0.1, -0.05) is 64.3 Å². The van der Waals surface area contributed by atoms with Crippen molar-refractivity contribution in [3.63, 3.8) is 0 Å². The highest BCUT2D eigenvalue weighted by Gasteiger charge is 2.44. The van der Waals surface area contributed by atoms with E-state index in [1.165, 1.54) is 6.42 Å². The minimum absolute atomic E-state index is 0.107. The molecule has 0 aliphatic heterocycles. The smallest absolute Gasteiger partial charge is 0.408 e. The van der Waals surface area contributed by atoms with Crippen LogP contribution >= 0.6 is 0 Å². The largest absolute Gasteiger partial charge is 0.444 e. The van der Waals surface area contributed by atoms with Crippen LogP contribution < -0.4 is 10.6 Å². The number of hydrogen-bond acceptors (Lipinski definition) is 4. The molecule has 1 aliphatic carbocycles. The Labute approximate surface area is 224 Å². The number of ether oxygens (including phenoxy) is 1. The van der Waals surface area contributed by atoms with Crippen LogP contribution in [-0.2, 0) is 14.3 Å². The first-order valence-electron chi connectivity index (χ1n) is 13.9. The molecule has 2 rings (SSSR count). The third kappa shape index (κ3) is 8.47. The maximum atomic E-state index is 14.4. The van der Waals surface area contributed by atoms with Gasteiger partial charge in [-0.25, -0.2) is 4.79 Å². The fraction of sp³-hybridized carbons (Fsp3) is 0.700. The zero-order valence-electron chi connectivity index (χ0n) is 24.4. The summed E-state index contributed by atoms with van der Waals surface area (Å²) in [5, 5.41) is 6.08. The standard InChI is InChI=1S/C30H49N3O4/c1-10-30(8,9)33(27(35)24(20(2)3)32-28(36)37-29(5,6)7)25(23-19-15-14-16-21(23)4)26(34)31-22-17-12-11-13-18-22/h14-16,19-20,22,24-25H,10-13,17-18H2,1-9H3,(H,31,34)(H,32,36). The van der Waals surface area contributed by atoms with E-state index < -0.39 is 29.3 Å². The van der Waals surface area contributed by atoms with Crippen molar-refractivity contribution >= 4 is 17.9 Å². The monoisotopic (exact) mass is 515 g/mol. The summed E-state index contributed by atoms with van der Waals surface area (Å²) in [5.41, 5.74) is 0.389. The molecule has 3 amide bonds. The third-order valence-electron chi connectivity index (χ3n) is 7.30. The number of alkyl carbamates (subject to hydrolysis) is 1. The number of nitrogens with one attached hydrogen (secondary N) is 2. The van der Waals surface area contributed by atoms with Gasteiger partial charge < -0.3 is 20.3 Å². The van der Waals surface area contributed by atoms with Gasteiger partial charge >= 0.3 is 6.09 Å². The molecule has 0 radical (unpaired) electrons. The van der Waals surface area contributed by atoms with E-state index in [9.17, 15) is 14.4 Å². The van der Waals surface area contributed by atoms with Crippen LogP contribution in [-0.4, -0.2) is 46.0 Å². The summed E-state index contributed by atoms with van der Waals surface area (Å²) in [6, 6.07) is 6.17. The molecule has 1 aromatic rings. The van der Waals surface area contributed by atoms with Crippen molar-refractivity contribution in [2.75, 3.05) is 0 Å². The predicted molar refractivity (Wildman–Crippen MR) is 148 cm³/mol. The summed E-state index contributed by atoms with van der Waals surface area (Å²) in [7, 11) is 0. The third-order valence-corrected chi connectivity index (χ3v) is 7.30. The topological polar surface area (TPSA) is 87.7 Å². The summed E-state index contributed by atoms with van der Waals surface area (Å²) in [4.78, 5) is 42.9. The van der Waals surface area contributed by atoms with Crippen molar-refractivity contribution in [2.45, 2.75) is 130 Å². The molecule has 1 fully saturated rings. The fourth-order valence-corrected chi connectivity index (χ4v) is 4.86. The molecule has 208 valence electrons. The molecule has 1 aliphatic rings. The van der Waals surface area contributed by atoms with Crippen LogP contribution in [0.5, 0.6) is 0 Å². The molecule has 0 aromatic heterocycles. The number of aryl methyl sites for hydroxylation is 1. The number of nitrogens with zero attached hydrogens (tertiary/aromatic N) is 1. The molecule has 7 heteroatoms. The van der Waals surface area contributed by atoms with Crippen LogP contribution in [0.1, 0.15) is 111 Å². The highest BCUT2D eigenvalue weighted by Crippen LogP contribution is 2.34. The number of hydrogen-bond donors (Lipinski definition) is 2. The van der Waals surface area contributed by atoms with Crippen LogP contribution in [0.15, 0.2) is 24.3 Å². The van der Waals surface area contributed by atoms with E-state index in [4.69, 9.17) is 4.74 Å². The van der Waals surface area contributed by atoms with Gasteiger partial charge in [0.05, 0.1) is 0 Å². The Kier molecular flexibility index (Phi) is 10.6. The average molecular weight is 516 g/mol. The zero-order valence-corrected chi connectivity index (χ0v) is 24.4. The first kappa shape index (κ1) is 30.7. The highest BCUT2D eigenvalue weighted by atomic mass is 16.6. The van der Waals surface area contributed by atoms with E-state index in [0.717, 1.165) is 36.8 Å². The fourth-order valence-electron chi connectivity index (χ4n) is 4.86. The molecule has 0 saturated heterocycles. The molecule has 1 saturated carbocycles. The minimum Gasteiger partial charge on any atom is -0.444 e. The van der Waals surface area contributed by atoms with Gasteiger partial charge in [0.15, 0.2) is 0 Å². The second-order valence-electron chi connectivity index (χ2n) is 12.3. The van der Waals surface area contributed by atoms with E-state index in [0.29, 0.717) is 6.42 Å². The van der Waals surface area contributed by atoms with Crippen molar-refractivity contribution in [1.82, 2.24) is 15.5 Å². The van der Waals surface area contributed by atoms with Gasteiger partial charge in [0.25, 0.3) is 0 Å². The average Bonchev–Trinajstić information content (AvgIpc) is 2.80. The number of rotatable bonds is 9. The second-order valence-corrected chi connectivity index (χ2v) is 12.3. The van der Waals surface area contributed by atoms with Crippen LogP contribution in [0.3, 0.4) is 0 Å². The molecule has 1 aromatic carbocycles. The van der Waals surface area contributed by atoms with E-state index in [-0.39, 0.29) is 23.8 Å². The summed E-state index contributed by atoms with van der Waals surface area (Å²) >= 11 is 0. The summed E-state index contributed by atoms with van der Waals surface area (Å²) in [5.74, 6) is -0.676. The maximum absolute atomic E-state index is 14.4. The normalized spacial score (nSPS) is 16.6. The van der Waals surface area contributed by atoms with Crippen LogP contribution in [0.25, 0.3) is 0 Å². The molecule has 2 atom stereocenters. The molecular weight excluding hydrogens is 466 g/mol. The van der Waals surface area contributed by atoms with Crippen LogP contribution in [0, 0.1) is 12.8 Å². The van der Waals surface area contributed by atoms with Gasteiger partial charge in [-0.05, 0) is 77.8 Å². The molecule has 0 bridgehead atoms. The van der Waals surface area contributed by atoms with Crippen molar-refractivity contribution in [3.8, 4) is 0 Å². The lowest BCUT2D eigenvalue weighted by Gasteiger charge is -2.45. The van der Waals surface area contributed by atoms with E-state index in [1.807, 2.05) is 65.8 Å². The molecule has 2 unspecified atom stereocenters. The Morgan fingerprint density at radius 1 is 1.03 bits per heavy atom. The lowest BCUT2D eigenvalue weighted by molar-refractivity contribution is -0.150. The number of benzene rings is 1. The zero-order chi connectivity index (χ0) is 28.0. The SMILES string of the molecule is CCC(C)(C)N(C(=O)C(NC(=O)OC(C)(C)C)C(C)C)C(C(=O)NC1CCCCC1)c1ccccc1C. The Morgan fingerprint density at radius 2 is 1.62 bits per heavy atom. The molecular formula is C30H49N3O4. The number of amides is 3. The molecule has 0 spiro atoms. The summed E-state index contributed by atoms with van der Waals surface area (Å²) in [6.07, 6.45) is 5.27. The second kappa shape index (κ2) is 12.8. The Bertz CT molecular complexity index is 929. The van der Waals surface area contributed by atoms with Gasteiger partial charge in [0.2, 0.25) is 11.8 Å². The van der Waals surface area contributed by atoms with E-state index >= 15 is 0 Å². The van der Waals surface area contributed by atoms with Crippen LogP contribution in [0.4, 0.5) is 4.79 Å². The van der Waals surface area contributed by atoms with Gasteiger partial charge in [0, 0.05) is 11.6 Å². The maximum Gasteiger partial charge on any atom is 0.408 e. The molecule has 2 N–H and O–H groups in total. The number of carbonyl (C=O) groups excluding carboxylic acids is 3. The molecule has 37 heavy (non-hydrogen) atoms. The van der Waals surface area contributed by atoms with Gasteiger partial charge in [0.1, 0.15) is 17.7 Å². The van der Waals surface area contributed by atoms with Crippen molar-refractivity contribution in [2.24, 2.45) is 5.92 Å². The van der Waals surface area contributed by atoms with E-state index in [2.05, 4.69) is 10.6 Å². The van der Waals surface area contributed by atoms with Crippen molar-refractivity contribution in [1.29, 1.82) is 0 Å². The summed E-state index contributed by atoms with van der Waals surface area (Å²) in [6.45, 7) is 17.1.